The van der Waals surface area contributed by atoms with Gasteiger partial charge in [0, 0.05) is 24.7 Å². The maximum Gasteiger partial charge on any atom is 0.222 e. The molecule has 0 saturated carbocycles. The second-order valence-corrected chi connectivity index (χ2v) is 7.77. The summed E-state index contributed by atoms with van der Waals surface area (Å²) in [6, 6.07) is 28.2. The highest BCUT2D eigenvalue weighted by Crippen LogP contribution is 2.20. The zero-order valence-corrected chi connectivity index (χ0v) is 17.2. The topological polar surface area (TPSA) is 62.7 Å². The Kier molecular flexibility index (Phi) is 5.23. The quantitative estimate of drug-likeness (QED) is 0.398. The largest absolute Gasteiger partial charge is 0.347 e. The van der Waals surface area contributed by atoms with Gasteiger partial charge in [-0.25, -0.2) is 4.98 Å². The summed E-state index contributed by atoms with van der Waals surface area (Å²) in [6.07, 6.45) is 3.13. The molecule has 0 saturated heterocycles. The molecule has 0 aliphatic carbocycles. The minimum absolute atomic E-state index is 0.0131. The summed E-state index contributed by atoms with van der Waals surface area (Å²) in [6.45, 7) is 0.636. The van der Waals surface area contributed by atoms with Crippen LogP contribution >= 0.6 is 0 Å². The molecule has 5 aromatic rings. The smallest absolute Gasteiger partial charge is 0.222 e. The Balaban J connectivity index is 1.34. The number of benzene rings is 3. The first kappa shape index (κ1) is 19.1. The first-order valence-electron chi connectivity index (χ1n) is 10.6. The van der Waals surface area contributed by atoms with E-state index in [-0.39, 0.29) is 11.9 Å². The van der Waals surface area contributed by atoms with Crippen molar-refractivity contribution in [1.82, 2.24) is 19.9 Å². The number of rotatable bonds is 7. The van der Waals surface area contributed by atoms with Crippen LogP contribution in [-0.2, 0) is 17.8 Å². The van der Waals surface area contributed by atoms with Crippen molar-refractivity contribution in [2.45, 2.75) is 25.4 Å². The number of fused-ring (bicyclic) bond motifs is 2. The van der Waals surface area contributed by atoms with Gasteiger partial charge in [-0.3, -0.25) is 4.79 Å². The van der Waals surface area contributed by atoms with Crippen LogP contribution in [0.25, 0.3) is 21.9 Å². The number of para-hydroxylation sites is 3. The summed E-state index contributed by atoms with van der Waals surface area (Å²) < 4.78 is 2.13. The summed E-state index contributed by atoms with van der Waals surface area (Å²) in [5.41, 5.74) is 4.19. The lowest BCUT2D eigenvalue weighted by Crippen LogP contribution is -2.31. The van der Waals surface area contributed by atoms with E-state index in [1.54, 1.807) is 0 Å². The van der Waals surface area contributed by atoms with E-state index >= 15 is 0 Å². The van der Waals surface area contributed by atoms with Gasteiger partial charge in [-0.15, -0.1) is 0 Å². The van der Waals surface area contributed by atoms with E-state index in [0.29, 0.717) is 19.4 Å². The van der Waals surface area contributed by atoms with Crippen molar-refractivity contribution >= 4 is 27.8 Å². The van der Waals surface area contributed by atoms with Crippen molar-refractivity contribution in [3.8, 4) is 0 Å². The lowest BCUT2D eigenvalue weighted by molar-refractivity contribution is -0.122. The number of carbonyl (C=O) groups is 1. The fourth-order valence-electron chi connectivity index (χ4n) is 4.03. The molecule has 1 atom stereocenters. The lowest BCUT2D eigenvalue weighted by Gasteiger charge is -2.17. The second-order valence-electron chi connectivity index (χ2n) is 7.77. The molecule has 0 aliphatic heterocycles. The summed E-state index contributed by atoms with van der Waals surface area (Å²) in [4.78, 5) is 21.0. The Morgan fingerprint density at radius 1 is 0.935 bits per heavy atom. The number of nitrogens with one attached hydrogen (secondary N) is 2. The average molecular weight is 409 g/mol. The van der Waals surface area contributed by atoms with Crippen molar-refractivity contribution in [2.75, 3.05) is 0 Å². The molecule has 5 heteroatoms. The maximum absolute atomic E-state index is 12.9. The van der Waals surface area contributed by atoms with Crippen LogP contribution in [0.4, 0.5) is 0 Å². The standard InChI is InChI=1S/C26H24N4O/c31-25(15-17-30-16-14-20-10-4-7-13-24(20)30)27-23(18-19-8-2-1-3-9-19)26-28-21-11-5-6-12-22(21)29-26/h1-14,16,23H,15,17-18H2,(H,27,31)(H,28,29)/t23-/m0/s1. The third-order valence-electron chi connectivity index (χ3n) is 5.62. The van der Waals surface area contributed by atoms with Gasteiger partial charge in [0.15, 0.2) is 0 Å². The first-order valence-corrected chi connectivity index (χ1v) is 10.6. The van der Waals surface area contributed by atoms with Crippen LogP contribution in [0.1, 0.15) is 23.9 Å². The minimum Gasteiger partial charge on any atom is -0.347 e. The first-order chi connectivity index (χ1) is 15.3. The van der Waals surface area contributed by atoms with Gasteiger partial charge in [-0.1, -0.05) is 60.7 Å². The third-order valence-corrected chi connectivity index (χ3v) is 5.62. The zero-order chi connectivity index (χ0) is 21.0. The molecule has 5 nitrogen and oxygen atoms in total. The fraction of sp³-hybridized carbons (Fsp3) is 0.154. The highest BCUT2D eigenvalue weighted by Gasteiger charge is 2.19. The van der Waals surface area contributed by atoms with Gasteiger partial charge in [-0.05, 0) is 41.6 Å². The number of H-pyrrole nitrogens is 1. The molecular weight excluding hydrogens is 384 g/mol. The molecule has 0 bridgehead atoms. The molecular formula is C26H24N4O. The molecule has 0 radical (unpaired) electrons. The number of carbonyl (C=O) groups excluding carboxylic acids is 1. The van der Waals surface area contributed by atoms with E-state index in [2.05, 4.69) is 45.2 Å². The van der Waals surface area contributed by atoms with Crippen LogP contribution in [-0.4, -0.2) is 20.4 Å². The lowest BCUT2D eigenvalue weighted by atomic mass is 10.1. The SMILES string of the molecule is O=C(CCn1ccc2ccccc21)N[C@@H](Cc1ccccc1)c1nc2ccccc2[nH]1. The molecule has 0 unspecified atom stereocenters. The zero-order valence-electron chi connectivity index (χ0n) is 17.2. The van der Waals surface area contributed by atoms with Crippen molar-refractivity contribution in [3.05, 3.63) is 103 Å². The van der Waals surface area contributed by atoms with Gasteiger partial charge in [-0.2, -0.15) is 0 Å². The molecule has 154 valence electrons. The predicted octanol–water partition coefficient (Wildman–Crippen LogP) is 5.01. The number of hydrogen-bond acceptors (Lipinski definition) is 2. The highest BCUT2D eigenvalue weighted by molar-refractivity contribution is 5.81. The van der Waals surface area contributed by atoms with Crippen molar-refractivity contribution in [1.29, 1.82) is 0 Å². The second kappa shape index (κ2) is 8.48. The molecule has 1 amide bonds. The minimum atomic E-state index is -0.219. The molecule has 0 aliphatic rings. The summed E-state index contributed by atoms with van der Waals surface area (Å²) in [7, 11) is 0. The van der Waals surface area contributed by atoms with Gasteiger partial charge in [0.1, 0.15) is 5.82 Å². The Morgan fingerprint density at radius 3 is 2.58 bits per heavy atom. The Morgan fingerprint density at radius 2 is 1.71 bits per heavy atom. The number of aryl methyl sites for hydroxylation is 1. The van der Waals surface area contributed by atoms with Crippen LogP contribution in [0.15, 0.2) is 91.1 Å². The maximum atomic E-state index is 12.9. The molecule has 31 heavy (non-hydrogen) atoms. The summed E-state index contributed by atoms with van der Waals surface area (Å²) >= 11 is 0. The van der Waals surface area contributed by atoms with Crippen molar-refractivity contribution in [3.63, 3.8) is 0 Å². The summed E-state index contributed by atoms with van der Waals surface area (Å²) in [5.74, 6) is 0.795. The van der Waals surface area contributed by atoms with Crippen molar-refractivity contribution < 1.29 is 4.79 Å². The van der Waals surface area contributed by atoms with E-state index in [4.69, 9.17) is 4.98 Å². The monoisotopic (exact) mass is 408 g/mol. The van der Waals surface area contributed by atoms with E-state index in [9.17, 15) is 4.79 Å². The molecule has 2 N–H and O–H groups in total. The molecule has 5 rings (SSSR count). The van der Waals surface area contributed by atoms with Gasteiger partial charge in [0.05, 0.1) is 17.1 Å². The normalized spacial score (nSPS) is 12.3. The van der Waals surface area contributed by atoms with Crippen LogP contribution in [0.5, 0.6) is 0 Å². The fourth-order valence-corrected chi connectivity index (χ4v) is 4.03. The average Bonchev–Trinajstić information content (AvgIpc) is 3.42. The van der Waals surface area contributed by atoms with Gasteiger partial charge in [0.25, 0.3) is 0 Å². The van der Waals surface area contributed by atoms with Gasteiger partial charge in [0.2, 0.25) is 5.91 Å². The van der Waals surface area contributed by atoms with E-state index in [1.807, 2.05) is 60.8 Å². The van der Waals surface area contributed by atoms with Crippen molar-refractivity contribution in [2.24, 2.45) is 0 Å². The van der Waals surface area contributed by atoms with Crippen LogP contribution < -0.4 is 5.32 Å². The Hall–Kier alpha value is -3.86. The predicted molar refractivity (Wildman–Crippen MR) is 124 cm³/mol. The number of nitrogens with zero attached hydrogens (tertiary/aromatic N) is 2. The number of amides is 1. The molecule has 2 aromatic heterocycles. The van der Waals surface area contributed by atoms with Gasteiger partial charge >= 0.3 is 0 Å². The Labute approximate surface area is 180 Å². The molecule has 0 spiro atoms. The molecule has 3 aromatic carbocycles. The van der Waals surface area contributed by atoms with Crippen LogP contribution in [0, 0.1) is 0 Å². The van der Waals surface area contributed by atoms with E-state index in [1.165, 1.54) is 5.39 Å². The molecule has 2 heterocycles. The Bertz CT molecular complexity index is 1290. The number of imidazole rings is 1. The number of aromatic amines is 1. The number of hydrogen-bond donors (Lipinski definition) is 2. The molecule has 0 fully saturated rings. The van der Waals surface area contributed by atoms with E-state index in [0.717, 1.165) is 27.9 Å². The van der Waals surface area contributed by atoms with E-state index < -0.39 is 0 Å². The van der Waals surface area contributed by atoms with Crippen LogP contribution in [0.3, 0.4) is 0 Å². The summed E-state index contributed by atoms with van der Waals surface area (Å²) in [5, 5.41) is 4.39. The van der Waals surface area contributed by atoms with Gasteiger partial charge < -0.3 is 14.9 Å². The highest BCUT2D eigenvalue weighted by atomic mass is 16.1. The number of aromatic nitrogens is 3. The third kappa shape index (κ3) is 4.21. The van der Waals surface area contributed by atoms with Crippen LogP contribution in [0.2, 0.25) is 0 Å².